The fraction of sp³-hybridized carbons (Fsp3) is 0.280. The second kappa shape index (κ2) is 8.87. The maximum absolute atomic E-state index is 13.2. The van der Waals surface area contributed by atoms with Crippen molar-refractivity contribution in [3.63, 3.8) is 0 Å². The molecule has 1 unspecified atom stereocenters. The number of halogens is 1. The van der Waals surface area contributed by atoms with E-state index in [9.17, 15) is 8.42 Å². The van der Waals surface area contributed by atoms with Crippen LogP contribution in [0.25, 0.3) is 0 Å². The summed E-state index contributed by atoms with van der Waals surface area (Å²) in [6.07, 6.45) is 1.88. The van der Waals surface area contributed by atoms with Crippen LogP contribution in [0.3, 0.4) is 0 Å². The average molecular weight is 469 g/mol. The van der Waals surface area contributed by atoms with Crippen LogP contribution in [0.1, 0.15) is 17.5 Å². The van der Waals surface area contributed by atoms with Crippen molar-refractivity contribution in [1.82, 2.24) is 9.21 Å². The smallest absolute Gasteiger partial charge is 0.243 e. The Kier molecular flexibility index (Phi) is 5.95. The Morgan fingerprint density at radius 1 is 0.875 bits per heavy atom. The summed E-state index contributed by atoms with van der Waals surface area (Å²) in [4.78, 5) is 2.71. The van der Waals surface area contributed by atoms with E-state index < -0.39 is 10.0 Å². The van der Waals surface area contributed by atoms with Crippen LogP contribution < -0.4 is 4.74 Å². The van der Waals surface area contributed by atoms with Gasteiger partial charge in [-0.3, -0.25) is 4.90 Å². The summed E-state index contributed by atoms with van der Waals surface area (Å²) in [5.41, 5.74) is 2.76. The molecule has 0 aliphatic carbocycles. The quantitative estimate of drug-likeness (QED) is 0.531. The highest BCUT2D eigenvalue weighted by atomic mass is 35.5. The van der Waals surface area contributed by atoms with Crippen molar-refractivity contribution in [1.29, 1.82) is 0 Å². The van der Waals surface area contributed by atoms with Gasteiger partial charge in [0.1, 0.15) is 11.5 Å². The fourth-order valence-corrected chi connectivity index (χ4v) is 6.21. The molecule has 1 fully saturated rings. The number of fused-ring (bicyclic) bond motifs is 1. The van der Waals surface area contributed by atoms with Crippen LogP contribution in [0.5, 0.6) is 11.5 Å². The Bertz CT molecular complexity index is 1210. The monoisotopic (exact) mass is 468 g/mol. The minimum atomic E-state index is -3.54. The normalized spacial score (nSPS) is 19.6. The first kappa shape index (κ1) is 21.5. The minimum Gasteiger partial charge on any atom is -0.456 e. The highest BCUT2D eigenvalue weighted by molar-refractivity contribution is 7.89. The molecule has 166 valence electrons. The van der Waals surface area contributed by atoms with E-state index in [1.807, 2.05) is 12.1 Å². The van der Waals surface area contributed by atoms with E-state index in [-0.39, 0.29) is 10.9 Å². The van der Waals surface area contributed by atoms with Crippen molar-refractivity contribution in [2.45, 2.75) is 30.3 Å². The maximum atomic E-state index is 13.2. The van der Waals surface area contributed by atoms with Gasteiger partial charge in [-0.05, 0) is 60.4 Å². The number of para-hydroxylation sites is 1. The second-order valence-electron chi connectivity index (χ2n) is 8.30. The zero-order chi connectivity index (χ0) is 22.1. The van der Waals surface area contributed by atoms with E-state index in [1.54, 1.807) is 40.7 Å². The van der Waals surface area contributed by atoms with Gasteiger partial charge >= 0.3 is 0 Å². The number of benzene rings is 3. The van der Waals surface area contributed by atoms with E-state index in [2.05, 4.69) is 29.2 Å². The summed E-state index contributed by atoms with van der Waals surface area (Å²) < 4.78 is 33.9. The van der Waals surface area contributed by atoms with Crippen LogP contribution in [-0.2, 0) is 23.0 Å². The highest BCUT2D eigenvalue weighted by Crippen LogP contribution is 2.31. The van der Waals surface area contributed by atoms with Crippen molar-refractivity contribution in [3.8, 4) is 11.5 Å². The molecule has 2 aliphatic heterocycles. The fourth-order valence-electron chi connectivity index (χ4n) is 4.54. The van der Waals surface area contributed by atoms with E-state index in [0.717, 1.165) is 25.9 Å². The van der Waals surface area contributed by atoms with Crippen molar-refractivity contribution in [2.75, 3.05) is 19.6 Å². The third kappa shape index (κ3) is 4.28. The first-order valence-electron chi connectivity index (χ1n) is 10.8. The number of rotatable bonds is 5. The Hall–Kier alpha value is -2.38. The van der Waals surface area contributed by atoms with Gasteiger partial charge in [-0.2, -0.15) is 4.31 Å². The van der Waals surface area contributed by atoms with Crippen LogP contribution in [0.2, 0.25) is 5.02 Å². The molecule has 0 saturated carbocycles. The lowest BCUT2D eigenvalue weighted by Gasteiger charge is -2.33. The van der Waals surface area contributed by atoms with Crippen LogP contribution in [-0.4, -0.2) is 43.3 Å². The first-order valence-corrected chi connectivity index (χ1v) is 12.7. The summed E-state index contributed by atoms with van der Waals surface area (Å²) >= 11 is 6.14. The number of ether oxygens (including phenoxy) is 1. The molecule has 2 aliphatic rings. The van der Waals surface area contributed by atoms with Crippen molar-refractivity contribution < 1.29 is 13.2 Å². The predicted octanol–water partition coefficient (Wildman–Crippen LogP) is 4.95. The molecule has 0 N–H and O–H groups in total. The third-order valence-corrected chi connectivity index (χ3v) is 8.52. The number of sulfonamides is 1. The van der Waals surface area contributed by atoms with E-state index in [1.165, 1.54) is 11.1 Å². The van der Waals surface area contributed by atoms with E-state index in [4.69, 9.17) is 16.3 Å². The largest absolute Gasteiger partial charge is 0.456 e. The number of hydrogen-bond acceptors (Lipinski definition) is 4. The van der Waals surface area contributed by atoms with Gasteiger partial charge in [0.15, 0.2) is 0 Å². The van der Waals surface area contributed by atoms with Gasteiger partial charge in [0.05, 0.1) is 9.92 Å². The molecule has 0 amide bonds. The number of hydrogen-bond donors (Lipinski definition) is 0. The zero-order valence-electron chi connectivity index (χ0n) is 17.7. The van der Waals surface area contributed by atoms with Crippen molar-refractivity contribution >= 4 is 21.6 Å². The molecule has 32 heavy (non-hydrogen) atoms. The van der Waals surface area contributed by atoms with E-state index in [0.29, 0.717) is 29.6 Å². The molecule has 0 radical (unpaired) electrons. The van der Waals surface area contributed by atoms with Gasteiger partial charge in [-0.25, -0.2) is 8.42 Å². The topological polar surface area (TPSA) is 49.9 Å². The molecular weight excluding hydrogens is 444 g/mol. The molecule has 2 heterocycles. The molecule has 1 atom stereocenters. The van der Waals surface area contributed by atoms with Crippen LogP contribution in [0, 0.1) is 0 Å². The van der Waals surface area contributed by atoms with Gasteiger partial charge in [-0.15, -0.1) is 0 Å². The molecular formula is C25H25ClN2O3S. The average Bonchev–Trinajstić information content (AvgIpc) is 3.32. The molecule has 3 aromatic rings. The Morgan fingerprint density at radius 2 is 1.59 bits per heavy atom. The molecule has 0 aromatic heterocycles. The van der Waals surface area contributed by atoms with Gasteiger partial charge in [-0.1, -0.05) is 48.0 Å². The van der Waals surface area contributed by atoms with Crippen LogP contribution in [0.4, 0.5) is 0 Å². The lowest BCUT2D eigenvalue weighted by Crippen LogP contribution is -2.41. The highest BCUT2D eigenvalue weighted by Gasteiger charge is 2.36. The standard InChI is InChI=1S/C25H25ClN2O3S/c26-24-7-3-4-8-25(24)31-22-9-11-23(12-10-22)32(29,30)28-16-14-21(18-28)27-15-13-19-5-1-2-6-20(19)17-27/h1-12,21H,13-18H2. The predicted molar refractivity (Wildman–Crippen MR) is 126 cm³/mol. The molecule has 3 aromatic carbocycles. The zero-order valence-corrected chi connectivity index (χ0v) is 19.2. The van der Waals surface area contributed by atoms with Crippen molar-refractivity contribution in [3.05, 3.63) is 88.9 Å². The van der Waals surface area contributed by atoms with Crippen molar-refractivity contribution in [2.24, 2.45) is 0 Å². The molecule has 1 saturated heterocycles. The molecule has 7 heteroatoms. The Morgan fingerprint density at radius 3 is 2.38 bits per heavy atom. The van der Waals surface area contributed by atoms with Crippen LogP contribution >= 0.6 is 11.6 Å². The molecule has 0 spiro atoms. The molecule has 0 bridgehead atoms. The summed E-state index contributed by atoms with van der Waals surface area (Å²) in [6.45, 7) is 2.94. The Labute approximate surface area is 194 Å². The first-order chi connectivity index (χ1) is 15.5. The molecule has 5 nitrogen and oxygen atoms in total. The second-order valence-corrected chi connectivity index (χ2v) is 10.6. The summed E-state index contributed by atoms with van der Waals surface area (Å²) in [5, 5.41) is 0.507. The molecule has 5 rings (SSSR count). The summed E-state index contributed by atoms with van der Waals surface area (Å²) in [6, 6.07) is 22.5. The lowest BCUT2D eigenvalue weighted by molar-refractivity contribution is 0.185. The van der Waals surface area contributed by atoms with Gasteiger partial charge in [0.2, 0.25) is 10.0 Å². The van der Waals surface area contributed by atoms with Gasteiger partial charge in [0.25, 0.3) is 0 Å². The summed E-state index contributed by atoms with van der Waals surface area (Å²) in [7, 11) is -3.54. The SMILES string of the molecule is O=S(=O)(c1ccc(Oc2ccccc2Cl)cc1)N1CCC(N2CCc3ccccc3C2)C1. The maximum Gasteiger partial charge on any atom is 0.243 e. The Balaban J connectivity index is 1.26. The lowest BCUT2D eigenvalue weighted by atomic mass is 9.98. The minimum absolute atomic E-state index is 0.251. The summed E-state index contributed by atoms with van der Waals surface area (Å²) in [5.74, 6) is 1.08. The van der Waals surface area contributed by atoms with Gasteiger partial charge in [0, 0.05) is 32.2 Å². The van der Waals surface area contributed by atoms with Gasteiger partial charge < -0.3 is 4.74 Å². The third-order valence-electron chi connectivity index (χ3n) is 6.33. The van der Waals surface area contributed by atoms with E-state index >= 15 is 0 Å². The van der Waals surface area contributed by atoms with Crippen LogP contribution in [0.15, 0.2) is 77.7 Å². The number of nitrogens with zero attached hydrogens (tertiary/aromatic N) is 2.